The van der Waals surface area contributed by atoms with E-state index in [9.17, 15) is 19.2 Å². The third-order valence-electron chi connectivity index (χ3n) is 5.67. The highest BCUT2D eigenvalue weighted by Crippen LogP contribution is 2.28. The molecule has 0 aliphatic carbocycles. The Bertz CT molecular complexity index is 1620. The van der Waals surface area contributed by atoms with Gasteiger partial charge in [0.1, 0.15) is 17.1 Å². The fraction of sp³-hybridized carbons (Fsp3) is 0.120. The molecule has 0 saturated heterocycles. The molecule has 13 heteroatoms. The molecule has 38 heavy (non-hydrogen) atoms. The minimum absolute atomic E-state index is 0.00611. The number of halogens is 1. The fourth-order valence-corrected chi connectivity index (χ4v) is 4.10. The van der Waals surface area contributed by atoms with E-state index in [1.807, 2.05) is 0 Å². The number of carboxylic acid groups (broad SMARTS) is 1. The number of nitrogens with one attached hydrogen (secondary N) is 3. The normalized spacial score (nSPS) is 12.3. The Morgan fingerprint density at radius 1 is 1.03 bits per heavy atom. The van der Waals surface area contributed by atoms with Crippen LogP contribution in [-0.4, -0.2) is 50.0 Å². The van der Waals surface area contributed by atoms with Gasteiger partial charge in [0.05, 0.1) is 22.5 Å². The fourth-order valence-electron chi connectivity index (χ4n) is 3.82. The predicted molar refractivity (Wildman–Crippen MR) is 134 cm³/mol. The highest BCUT2D eigenvalue weighted by Gasteiger charge is 2.19. The molecule has 0 fully saturated rings. The Hall–Kier alpha value is -4.97. The summed E-state index contributed by atoms with van der Waals surface area (Å²) in [6.07, 6.45) is 1.45. The van der Waals surface area contributed by atoms with Gasteiger partial charge < -0.3 is 25.8 Å². The molecular formula is C25H19ClN6O6. The van der Waals surface area contributed by atoms with Crippen LogP contribution in [0.2, 0.25) is 5.02 Å². The lowest BCUT2D eigenvalue weighted by molar-refractivity contribution is -0.118. The highest BCUT2D eigenvalue weighted by molar-refractivity contribution is 6.33. The van der Waals surface area contributed by atoms with Crippen molar-refractivity contribution in [3.63, 3.8) is 0 Å². The number of hydrogen-bond donors (Lipinski definition) is 4. The summed E-state index contributed by atoms with van der Waals surface area (Å²) in [4.78, 5) is 52.9. The van der Waals surface area contributed by atoms with Crippen molar-refractivity contribution in [1.29, 1.82) is 0 Å². The molecule has 2 aromatic carbocycles. The van der Waals surface area contributed by atoms with E-state index in [1.165, 1.54) is 28.9 Å². The highest BCUT2D eigenvalue weighted by atomic mass is 35.5. The van der Waals surface area contributed by atoms with E-state index in [1.54, 1.807) is 30.3 Å². The smallest absolute Gasteiger partial charge is 0.337 e. The van der Waals surface area contributed by atoms with Crippen molar-refractivity contribution in [2.75, 3.05) is 11.9 Å². The number of amides is 3. The molecule has 0 bridgehead atoms. The lowest BCUT2D eigenvalue weighted by Crippen LogP contribution is -2.28. The maximum Gasteiger partial charge on any atom is 0.337 e. The Kier molecular flexibility index (Phi) is 6.62. The number of hydrogen-bond acceptors (Lipinski definition) is 7. The number of ether oxygens (including phenoxy) is 1. The summed E-state index contributed by atoms with van der Waals surface area (Å²) < 4.78 is 6.64. The third kappa shape index (κ3) is 5.11. The molecule has 0 radical (unpaired) electrons. The number of aromatic nitrogens is 3. The van der Waals surface area contributed by atoms with Gasteiger partial charge in [0.25, 0.3) is 17.7 Å². The zero-order chi connectivity index (χ0) is 26.8. The van der Waals surface area contributed by atoms with Crippen LogP contribution in [0.3, 0.4) is 0 Å². The Balaban J connectivity index is 1.30. The quantitative estimate of drug-likeness (QED) is 0.280. The van der Waals surface area contributed by atoms with E-state index >= 15 is 0 Å². The summed E-state index contributed by atoms with van der Waals surface area (Å²) in [7, 11) is 0. The summed E-state index contributed by atoms with van der Waals surface area (Å²) in [5.41, 5.74) is 2.16. The van der Waals surface area contributed by atoms with Gasteiger partial charge in [0.15, 0.2) is 12.3 Å². The van der Waals surface area contributed by atoms with Gasteiger partial charge in [-0.05, 0) is 35.4 Å². The molecule has 4 aromatic rings. The van der Waals surface area contributed by atoms with Gasteiger partial charge in [-0.15, -0.1) is 0 Å². The van der Waals surface area contributed by atoms with Gasteiger partial charge in [0, 0.05) is 25.2 Å². The Morgan fingerprint density at radius 3 is 2.53 bits per heavy atom. The summed E-state index contributed by atoms with van der Waals surface area (Å²) in [6, 6.07) is 12.4. The molecular weight excluding hydrogens is 516 g/mol. The predicted octanol–water partition coefficient (Wildman–Crippen LogP) is 2.27. The summed E-state index contributed by atoms with van der Waals surface area (Å²) in [6.45, 7) is 0.152. The van der Waals surface area contributed by atoms with Crippen molar-refractivity contribution in [1.82, 2.24) is 25.2 Å². The zero-order valence-corrected chi connectivity index (χ0v) is 20.3. The van der Waals surface area contributed by atoms with E-state index in [2.05, 4.69) is 26.0 Å². The van der Waals surface area contributed by atoms with Crippen LogP contribution in [0, 0.1) is 0 Å². The van der Waals surface area contributed by atoms with Gasteiger partial charge >= 0.3 is 5.97 Å². The maximum atomic E-state index is 13.0. The van der Waals surface area contributed by atoms with Gasteiger partial charge in [0.2, 0.25) is 0 Å². The first-order valence-corrected chi connectivity index (χ1v) is 11.6. The molecule has 0 unspecified atom stereocenters. The molecule has 1 aliphatic rings. The van der Waals surface area contributed by atoms with Crippen molar-refractivity contribution in [2.24, 2.45) is 0 Å². The van der Waals surface area contributed by atoms with E-state index in [-0.39, 0.29) is 47.6 Å². The molecule has 3 heterocycles. The van der Waals surface area contributed by atoms with Crippen LogP contribution in [0.4, 0.5) is 5.69 Å². The van der Waals surface area contributed by atoms with Crippen molar-refractivity contribution >= 4 is 46.6 Å². The van der Waals surface area contributed by atoms with E-state index < -0.39 is 17.8 Å². The molecule has 3 amide bonds. The minimum atomic E-state index is -1.15. The Morgan fingerprint density at radius 2 is 1.76 bits per heavy atom. The average molecular weight is 535 g/mol. The van der Waals surface area contributed by atoms with Crippen LogP contribution in [-0.2, 0) is 17.9 Å². The molecule has 1 aliphatic heterocycles. The number of aromatic carboxylic acids is 1. The van der Waals surface area contributed by atoms with Gasteiger partial charge in [-0.2, -0.15) is 5.10 Å². The molecule has 4 N–H and O–H groups in total. The number of rotatable bonds is 7. The Labute approximate surface area is 219 Å². The third-order valence-corrected chi connectivity index (χ3v) is 5.98. The average Bonchev–Trinajstić information content (AvgIpc) is 3.38. The van der Waals surface area contributed by atoms with Gasteiger partial charge in [-0.25, -0.2) is 14.3 Å². The molecule has 0 spiro atoms. The van der Waals surface area contributed by atoms with E-state index in [4.69, 9.17) is 21.4 Å². The molecule has 192 valence electrons. The van der Waals surface area contributed by atoms with E-state index in [0.717, 1.165) is 5.56 Å². The topological polar surface area (TPSA) is 164 Å². The molecule has 0 saturated carbocycles. The molecule has 12 nitrogen and oxygen atoms in total. The van der Waals surface area contributed by atoms with Crippen LogP contribution in [0.5, 0.6) is 5.75 Å². The first-order valence-electron chi connectivity index (χ1n) is 11.3. The summed E-state index contributed by atoms with van der Waals surface area (Å²) in [5.74, 6) is -1.91. The zero-order valence-electron chi connectivity index (χ0n) is 19.5. The molecule has 0 atom stereocenters. The number of carbonyl (C=O) groups is 4. The van der Waals surface area contributed by atoms with E-state index in [0.29, 0.717) is 22.6 Å². The first-order chi connectivity index (χ1) is 18.3. The number of benzene rings is 2. The SMILES string of the molecule is O=C1COc2ccc(CNC(=O)c3cc(C(=O)NCc4ccc(C(=O)O)c(Cl)c4)n4nccc4n3)cc2N1. The monoisotopic (exact) mass is 534 g/mol. The van der Waals surface area contributed by atoms with Crippen molar-refractivity contribution < 1.29 is 29.0 Å². The minimum Gasteiger partial charge on any atom is -0.482 e. The number of fused-ring (bicyclic) bond motifs is 2. The molecule has 2 aromatic heterocycles. The first kappa shape index (κ1) is 24.7. The van der Waals surface area contributed by atoms with Crippen LogP contribution >= 0.6 is 11.6 Å². The standard InChI is InChI=1S/C25H19ClN6O6/c26-16-7-13(1-3-15(16)25(36)37)10-28-24(35)19-9-18(30-21-5-6-29-32(19)21)23(34)27-11-14-2-4-20-17(8-14)31-22(33)12-38-20/h1-9H,10-12H2,(H,27,34)(H,28,35)(H,31,33)(H,36,37). The second-order valence-corrected chi connectivity index (χ2v) is 8.69. The van der Waals surface area contributed by atoms with Crippen LogP contribution in [0.1, 0.15) is 42.5 Å². The second-order valence-electron chi connectivity index (χ2n) is 8.28. The maximum absolute atomic E-state index is 13.0. The van der Waals surface area contributed by atoms with Crippen molar-refractivity contribution in [3.8, 4) is 5.75 Å². The lowest BCUT2D eigenvalue weighted by atomic mass is 10.1. The largest absolute Gasteiger partial charge is 0.482 e. The number of anilines is 1. The number of carboxylic acids is 1. The molecule has 5 rings (SSSR count). The van der Waals surface area contributed by atoms with Crippen LogP contribution < -0.4 is 20.7 Å². The van der Waals surface area contributed by atoms with Crippen LogP contribution in [0.25, 0.3) is 5.65 Å². The number of nitrogens with zero attached hydrogens (tertiary/aromatic N) is 3. The van der Waals surface area contributed by atoms with Gasteiger partial charge in [-0.3, -0.25) is 14.4 Å². The van der Waals surface area contributed by atoms with Crippen LogP contribution in [0.15, 0.2) is 54.7 Å². The van der Waals surface area contributed by atoms with Crippen molar-refractivity contribution in [3.05, 3.63) is 87.8 Å². The lowest BCUT2D eigenvalue weighted by Gasteiger charge is -2.18. The number of carbonyl (C=O) groups excluding carboxylic acids is 3. The van der Waals surface area contributed by atoms with Gasteiger partial charge in [-0.1, -0.05) is 23.7 Å². The second kappa shape index (κ2) is 10.2. The summed E-state index contributed by atoms with van der Waals surface area (Å²) in [5, 5.41) is 21.5. The summed E-state index contributed by atoms with van der Waals surface area (Å²) >= 11 is 6.01. The van der Waals surface area contributed by atoms with Crippen molar-refractivity contribution in [2.45, 2.75) is 13.1 Å².